The molecule has 0 aliphatic carbocycles. The first-order valence-corrected chi connectivity index (χ1v) is 12.0. The normalized spacial score (nSPS) is 11.4. The minimum absolute atomic E-state index is 0.0205. The Bertz CT molecular complexity index is 1300. The van der Waals surface area contributed by atoms with Crippen molar-refractivity contribution < 1.29 is 13.2 Å². The number of hydrogen-bond acceptors (Lipinski definition) is 4. The smallest absolute Gasteiger partial charge is 0.270 e. The van der Waals surface area contributed by atoms with Gasteiger partial charge in [0.15, 0.2) is 0 Å². The summed E-state index contributed by atoms with van der Waals surface area (Å²) in [6.07, 6.45) is 0.831. The zero-order valence-electron chi connectivity index (χ0n) is 17.5. The first-order valence-electron chi connectivity index (χ1n) is 9.74. The highest BCUT2D eigenvalue weighted by Crippen LogP contribution is 2.23. The number of nitrogens with one attached hydrogen (secondary N) is 1. The Kier molecular flexibility index (Phi) is 6.81. The van der Waals surface area contributed by atoms with Crippen molar-refractivity contribution in [1.82, 2.24) is 4.57 Å². The summed E-state index contributed by atoms with van der Waals surface area (Å²) in [6.45, 7) is 4.99. The zero-order valence-corrected chi connectivity index (χ0v) is 19.9. The first kappa shape index (κ1) is 23.0. The molecular weight excluding hydrogens is 480 g/mol. The van der Waals surface area contributed by atoms with E-state index in [0.29, 0.717) is 16.9 Å². The largest absolute Gasteiger partial charge is 0.325 e. The predicted octanol–water partition coefficient (Wildman–Crippen LogP) is 4.26. The molecule has 2 aromatic carbocycles. The van der Waals surface area contributed by atoms with Crippen LogP contribution in [0, 0.1) is 13.8 Å². The zero-order chi connectivity index (χ0) is 22.8. The van der Waals surface area contributed by atoms with Crippen LogP contribution >= 0.6 is 15.9 Å². The molecule has 8 heteroatoms. The molecule has 0 aliphatic heterocycles. The minimum atomic E-state index is -4.05. The van der Waals surface area contributed by atoms with Crippen LogP contribution in [0.1, 0.15) is 23.7 Å². The lowest BCUT2D eigenvalue weighted by Gasteiger charge is -2.15. The molecule has 1 amide bonds. The molecule has 0 fully saturated rings. The molecule has 0 atom stereocenters. The van der Waals surface area contributed by atoms with Crippen molar-refractivity contribution >= 4 is 37.4 Å². The van der Waals surface area contributed by atoms with Gasteiger partial charge in [0, 0.05) is 15.9 Å². The number of aromatic nitrogens is 1. The van der Waals surface area contributed by atoms with Crippen LogP contribution in [0.4, 0.5) is 5.69 Å². The fourth-order valence-electron chi connectivity index (χ4n) is 3.38. The molecule has 0 spiro atoms. The van der Waals surface area contributed by atoms with E-state index in [9.17, 15) is 18.0 Å². The van der Waals surface area contributed by atoms with Crippen molar-refractivity contribution in [1.29, 1.82) is 0 Å². The summed E-state index contributed by atoms with van der Waals surface area (Å²) in [5.74, 6) is -0.408. The van der Waals surface area contributed by atoms with Crippen LogP contribution in [0.3, 0.4) is 0 Å². The maximum absolute atomic E-state index is 13.2. The number of benzene rings is 2. The molecule has 0 aliphatic rings. The van der Waals surface area contributed by atoms with Crippen molar-refractivity contribution in [2.75, 3.05) is 5.32 Å². The molecule has 1 heterocycles. The molecule has 0 unspecified atom stereocenters. The molecule has 0 saturated carbocycles. The Morgan fingerprint density at radius 2 is 1.74 bits per heavy atom. The Hall–Kier alpha value is -2.71. The van der Waals surface area contributed by atoms with Gasteiger partial charge in [-0.05, 0) is 73.9 Å². The van der Waals surface area contributed by atoms with Crippen LogP contribution < -0.4 is 10.9 Å². The Labute approximate surface area is 190 Å². The second-order valence-electron chi connectivity index (χ2n) is 7.25. The van der Waals surface area contributed by atoms with E-state index in [2.05, 4.69) is 21.2 Å². The van der Waals surface area contributed by atoms with Gasteiger partial charge >= 0.3 is 0 Å². The highest BCUT2D eigenvalue weighted by Gasteiger charge is 2.26. The summed E-state index contributed by atoms with van der Waals surface area (Å²) in [4.78, 5) is 25.5. The Morgan fingerprint density at radius 1 is 1.06 bits per heavy atom. The van der Waals surface area contributed by atoms with Gasteiger partial charge < -0.3 is 9.88 Å². The highest BCUT2D eigenvalue weighted by molar-refractivity contribution is 9.10. The number of rotatable bonds is 6. The second kappa shape index (κ2) is 9.20. The summed E-state index contributed by atoms with van der Waals surface area (Å²) < 4.78 is 28.3. The number of aryl methyl sites for hydroxylation is 3. The Morgan fingerprint density at radius 3 is 2.39 bits per heavy atom. The van der Waals surface area contributed by atoms with Gasteiger partial charge in [-0.3, -0.25) is 9.59 Å². The molecule has 0 radical (unpaired) electrons. The molecule has 6 nitrogen and oxygen atoms in total. The van der Waals surface area contributed by atoms with Crippen molar-refractivity contribution in [2.24, 2.45) is 0 Å². The quantitative estimate of drug-likeness (QED) is 0.545. The summed E-state index contributed by atoms with van der Waals surface area (Å²) in [6, 6.07) is 15.1. The van der Waals surface area contributed by atoms with E-state index < -0.39 is 21.3 Å². The number of carbonyl (C=O) groups is 1. The van der Waals surface area contributed by atoms with E-state index >= 15 is 0 Å². The average Bonchev–Trinajstić information content (AvgIpc) is 2.71. The van der Waals surface area contributed by atoms with Crippen LogP contribution in [0.25, 0.3) is 0 Å². The van der Waals surface area contributed by atoms with Crippen LogP contribution in [0.5, 0.6) is 0 Å². The van der Waals surface area contributed by atoms with Crippen LogP contribution in [-0.4, -0.2) is 18.9 Å². The standard InChI is InChI=1S/C23H23BrN2O4S/c1-4-17-6-5-7-19(13-17)25-21(27)14-26-16(3)12-15(2)22(23(26)28)31(29,30)20-10-8-18(24)9-11-20/h5-13H,4,14H2,1-3H3,(H,25,27). The number of nitrogens with zero attached hydrogens (tertiary/aromatic N) is 1. The topological polar surface area (TPSA) is 85.2 Å². The number of anilines is 1. The lowest BCUT2D eigenvalue weighted by Crippen LogP contribution is -2.33. The number of amides is 1. The predicted molar refractivity (Wildman–Crippen MR) is 124 cm³/mol. The second-order valence-corrected chi connectivity index (χ2v) is 10.1. The molecule has 3 aromatic rings. The van der Waals surface area contributed by atoms with Crippen molar-refractivity contribution in [3.05, 3.63) is 86.2 Å². The van der Waals surface area contributed by atoms with Gasteiger partial charge in [-0.1, -0.05) is 35.0 Å². The number of pyridine rings is 1. The summed E-state index contributed by atoms with van der Waals surface area (Å²) in [7, 11) is -4.05. The van der Waals surface area contributed by atoms with Gasteiger partial charge in [0.2, 0.25) is 15.7 Å². The first-order chi connectivity index (χ1) is 14.6. The molecule has 31 heavy (non-hydrogen) atoms. The van der Waals surface area contributed by atoms with Crippen molar-refractivity contribution in [3.8, 4) is 0 Å². The monoisotopic (exact) mass is 502 g/mol. The highest BCUT2D eigenvalue weighted by atomic mass is 79.9. The third-order valence-corrected chi connectivity index (χ3v) is 7.42. The van der Waals surface area contributed by atoms with E-state index in [1.807, 2.05) is 25.1 Å². The summed E-state index contributed by atoms with van der Waals surface area (Å²) >= 11 is 3.28. The number of sulfone groups is 1. The average molecular weight is 503 g/mol. The van der Waals surface area contributed by atoms with E-state index in [-0.39, 0.29) is 16.3 Å². The van der Waals surface area contributed by atoms with Gasteiger partial charge in [-0.25, -0.2) is 8.42 Å². The molecular formula is C23H23BrN2O4S. The molecule has 1 aromatic heterocycles. The van der Waals surface area contributed by atoms with Crippen LogP contribution in [-0.2, 0) is 27.6 Å². The van der Waals surface area contributed by atoms with E-state index in [0.717, 1.165) is 16.5 Å². The third-order valence-electron chi connectivity index (χ3n) is 4.96. The van der Waals surface area contributed by atoms with Crippen molar-refractivity contribution in [3.63, 3.8) is 0 Å². The minimum Gasteiger partial charge on any atom is -0.325 e. The molecule has 3 rings (SSSR count). The number of carbonyl (C=O) groups excluding carboxylic acids is 1. The maximum atomic E-state index is 13.2. The lowest BCUT2D eigenvalue weighted by atomic mass is 10.1. The van der Waals surface area contributed by atoms with E-state index in [1.54, 1.807) is 38.1 Å². The SMILES string of the molecule is CCc1cccc(NC(=O)Cn2c(C)cc(C)c(S(=O)(=O)c3ccc(Br)cc3)c2=O)c1. The van der Waals surface area contributed by atoms with Gasteiger partial charge in [-0.2, -0.15) is 0 Å². The van der Waals surface area contributed by atoms with Crippen LogP contribution in [0.15, 0.2) is 73.7 Å². The third kappa shape index (κ3) is 4.97. The maximum Gasteiger partial charge on any atom is 0.270 e. The number of hydrogen-bond donors (Lipinski definition) is 1. The molecule has 162 valence electrons. The summed E-state index contributed by atoms with van der Waals surface area (Å²) in [5.41, 5.74) is 1.85. The molecule has 0 bridgehead atoms. The number of halogens is 1. The van der Waals surface area contributed by atoms with E-state index in [4.69, 9.17) is 0 Å². The van der Waals surface area contributed by atoms with E-state index in [1.165, 1.54) is 16.7 Å². The van der Waals surface area contributed by atoms with Gasteiger partial charge in [0.25, 0.3) is 5.56 Å². The van der Waals surface area contributed by atoms with Crippen molar-refractivity contribution in [2.45, 2.75) is 43.5 Å². The fraction of sp³-hybridized carbons (Fsp3) is 0.217. The van der Waals surface area contributed by atoms with Crippen LogP contribution in [0.2, 0.25) is 0 Å². The van der Waals surface area contributed by atoms with Gasteiger partial charge in [-0.15, -0.1) is 0 Å². The van der Waals surface area contributed by atoms with Gasteiger partial charge in [0.1, 0.15) is 11.4 Å². The Balaban J connectivity index is 1.98. The lowest BCUT2D eigenvalue weighted by molar-refractivity contribution is -0.116. The fourth-order valence-corrected chi connectivity index (χ4v) is 5.19. The molecule has 0 saturated heterocycles. The molecule has 1 N–H and O–H groups in total. The van der Waals surface area contributed by atoms with Gasteiger partial charge in [0.05, 0.1) is 4.90 Å². The summed E-state index contributed by atoms with van der Waals surface area (Å²) in [5, 5.41) is 2.78.